The van der Waals surface area contributed by atoms with Crippen LogP contribution in [0.5, 0.6) is 0 Å². The van der Waals surface area contributed by atoms with Gasteiger partial charge in [-0.2, -0.15) is 0 Å². The number of amides is 1. The second-order valence-corrected chi connectivity index (χ2v) is 5.68. The van der Waals surface area contributed by atoms with Crippen LogP contribution >= 0.6 is 0 Å². The molecule has 1 rings (SSSR count). The molecule has 7 heteroatoms. The van der Waals surface area contributed by atoms with Crippen LogP contribution in [0.25, 0.3) is 0 Å². The Morgan fingerprint density at radius 3 is 2.50 bits per heavy atom. The second-order valence-electron chi connectivity index (χ2n) is 5.68. The standard InChI is InChI=1S/C13H24N2O5/c1-13(2)7-19-11(20-8-13)4-5-18-12(17)9(15-3)6-10(14)16/h9,11,15H,4-8H2,1-3H3,(H2,14,16)/t9-/m0/s1. The third-order valence-corrected chi connectivity index (χ3v) is 2.96. The molecule has 1 fully saturated rings. The Hall–Kier alpha value is -1.18. The van der Waals surface area contributed by atoms with Gasteiger partial charge in [0.2, 0.25) is 5.91 Å². The van der Waals surface area contributed by atoms with Crippen LogP contribution in [0.3, 0.4) is 0 Å². The number of carbonyl (C=O) groups is 2. The average Bonchev–Trinajstić information content (AvgIpc) is 2.37. The quantitative estimate of drug-likeness (QED) is 0.628. The Labute approximate surface area is 119 Å². The summed E-state index contributed by atoms with van der Waals surface area (Å²) in [5.74, 6) is -1.05. The van der Waals surface area contributed by atoms with E-state index in [1.807, 2.05) is 0 Å². The van der Waals surface area contributed by atoms with Crippen LogP contribution in [-0.4, -0.2) is 51.1 Å². The van der Waals surface area contributed by atoms with Crippen molar-refractivity contribution >= 4 is 11.9 Å². The van der Waals surface area contributed by atoms with Gasteiger partial charge in [0.15, 0.2) is 6.29 Å². The first-order chi connectivity index (χ1) is 9.34. The molecule has 1 atom stereocenters. The molecule has 7 nitrogen and oxygen atoms in total. The van der Waals surface area contributed by atoms with Crippen molar-refractivity contribution in [3.8, 4) is 0 Å². The van der Waals surface area contributed by atoms with Gasteiger partial charge in [-0.05, 0) is 7.05 Å². The molecule has 1 heterocycles. The van der Waals surface area contributed by atoms with Crippen LogP contribution < -0.4 is 11.1 Å². The number of rotatable bonds is 7. The lowest BCUT2D eigenvalue weighted by Gasteiger charge is -2.34. The lowest BCUT2D eigenvalue weighted by atomic mass is 9.95. The number of nitrogens with one attached hydrogen (secondary N) is 1. The van der Waals surface area contributed by atoms with Gasteiger partial charge >= 0.3 is 5.97 Å². The number of nitrogens with two attached hydrogens (primary N) is 1. The summed E-state index contributed by atoms with van der Waals surface area (Å²) in [6, 6.07) is -0.709. The van der Waals surface area contributed by atoms with Crippen molar-refractivity contribution in [1.82, 2.24) is 5.32 Å². The summed E-state index contributed by atoms with van der Waals surface area (Å²) in [4.78, 5) is 22.5. The van der Waals surface area contributed by atoms with Crippen LogP contribution in [-0.2, 0) is 23.8 Å². The van der Waals surface area contributed by atoms with Gasteiger partial charge in [-0.3, -0.25) is 9.59 Å². The highest BCUT2D eigenvalue weighted by Gasteiger charge is 2.28. The van der Waals surface area contributed by atoms with Crippen LogP contribution in [0.4, 0.5) is 0 Å². The fourth-order valence-corrected chi connectivity index (χ4v) is 1.75. The van der Waals surface area contributed by atoms with E-state index in [9.17, 15) is 9.59 Å². The number of esters is 1. The van der Waals surface area contributed by atoms with Crippen molar-refractivity contribution in [2.24, 2.45) is 11.1 Å². The molecule has 0 aromatic carbocycles. The normalized spacial score (nSPS) is 20.4. The summed E-state index contributed by atoms with van der Waals surface area (Å²) in [5.41, 5.74) is 5.07. The molecule has 1 aliphatic heterocycles. The molecular formula is C13H24N2O5. The molecule has 116 valence electrons. The van der Waals surface area contributed by atoms with E-state index in [0.717, 1.165) is 0 Å². The van der Waals surface area contributed by atoms with Gasteiger partial charge in [0.1, 0.15) is 6.04 Å². The summed E-state index contributed by atoms with van der Waals surface area (Å²) < 4.78 is 16.1. The summed E-state index contributed by atoms with van der Waals surface area (Å²) in [6.07, 6.45) is 0.0365. The monoisotopic (exact) mass is 288 g/mol. The number of hydrogen-bond acceptors (Lipinski definition) is 6. The van der Waals surface area contributed by atoms with E-state index in [1.54, 1.807) is 7.05 Å². The summed E-state index contributed by atoms with van der Waals surface area (Å²) in [7, 11) is 1.57. The first-order valence-corrected chi connectivity index (χ1v) is 6.69. The van der Waals surface area contributed by atoms with E-state index in [0.29, 0.717) is 19.6 Å². The highest BCUT2D eigenvalue weighted by Crippen LogP contribution is 2.23. The highest BCUT2D eigenvalue weighted by atomic mass is 16.7. The van der Waals surface area contributed by atoms with Gasteiger partial charge in [0, 0.05) is 11.8 Å². The van der Waals surface area contributed by atoms with E-state index in [-0.39, 0.29) is 24.7 Å². The minimum Gasteiger partial charge on any atom is -0.464 e. The molecule has 20 heavy (non-hydrogen) atoms. The van der Waals surface area contributed by atoms with Gasteiger partial charge in [-0.15, -0.1) is 0 Å². The Bertz CT molecular complexity index is 336. The van der Waals surface area contributed by atoms with Crippen molar-refractivity contribution in [2.75, 3.05) is 26.9 Å². The molecule has 0 bridgehead atoms. The third-order valence-electron chi connectivity index (χ3n) is 2.96. The molecule has 0 aromatic heterocycles. The first kappa shape index (κ1) is 16.9. The summed E-state index contributed by atoms with van der Waals surface area (Å²) in [5, 5.41) is 2.69. The van der Waals surface area contributed by atoms with E-state index in [4.69, 9.17) is 19.9 Å². The number of primary amides is 1. The van der Waals surface area contributed by atoms with E-state index < -0.39 is 17.9 Å². The largest absolute Gasteiger partial charge is 0.464 e. The molecule has 0 unspecified atom stereocenters. The van der Waals surface area contributed by atoms with Crippen LogP contribution in [0.15, 0.2) is 0 Å². The number of hydrogen-bond donors (Lipinski definition) is 2. The van der Waals surface area contributed by atoms with E-state index >= 15 is 0 Å². The topological polar surface area (TPSA) is 99.9 Å². The fraction of sp³-hybridized carbons (Fsp3) is 0.846. The van der Waals surface area contributed by atoms with Crippen LogP contribution in [0.1, 0.15) is 26.7 Å². The molecule has 0 radical (unpaired) electrons. The predicted molar refractivity (Wildman–Crippen MR) is 71.7 cm³/mol. The third kappa shape index (κ3) is 5.85. The summed E-state index contributed by atoms with van der Waals surface area (Å²) in [6.45, 7) is 5.54. The van der Waals surface area contributed by atoms with Gasteiger partial charge in [0.05, 0.1) is 26.2 Å². The SMILES string of the molecule is CN[C@@H](CC(N)=O)C(=O)OCCC1OCC(C)(C)CO1. The lowest BCUT2D eigenvalue weighted by Crippen LogP contribution is -2.40. The molecule has 3 N–H and O–H groups in total. The molecule has 0 saturated carbocycles. The molecular weight excluding hydrogens is 264 g/mol. The molecule has 0 aliphatic carbocycles. The first-order valence-electron chi connectivity index (χ1n) is 6.69. The zero-order valence-corrected chi connectivity index (χ0v) is 12.3. The molecule has 1 amide bonds. The summed E-state index contributed by atoms with van der Waals surface area (Å²) >= 11 is 0. The van der Waals surface area contributed by atoms with Gasteiger partial charge in [-0.1, -0.05) is 13.8 Å². The smallest absolute Gasteiger partial charge is 0.323 e. The maximum absolute atomic E-state index is 11.7. The minimum atomic E-state index is -0.709. The number of ether oxygens (including phenoxy) is 3. The molecule has 1 saturated heterocycles. The van der Waals surface area contributed by atoms with Gasteiger partial charge < -0.3 is 25.3 Å². The van der Waals surface area contributed by atoms with Crippen molar-refractivity contribution in [2.45, 2.75) is 39.0 Å². The Balaban J connectivity index is 2.23. The van der Waals surface area contributed by atoms with Crippen LogP contribution in [0.2, 0.25) is 0 Å². The second kappa shape index (κ2) is 7.56. The lowest BCUT2D eigenvalue weighted by molar-refractivity contribution is -0.227. The molecule has 0 aromatic rings. The van der Waals surface area contributed by atoms with Crippen molar-refractivity contribution < 1.29 is 23.8 Å². The fourth-order valence-electron chi connectivity index (χ4n) is 1.75. The van der Waals surface area contributed by atoms with Gasteiger partial charge in [0.25, 0.3) is 0 Å². The van der Waals surface area contributed by atoms with Gasteiger partial charge in [-0.25, -0.2) is 0 Å². The van der Waals surface area contributed by atoms with Crippen molar-refractivity contribution in [3.05, 3.63) is 0 Å². The Morgan fingerprint density at radius 1 is 1.40 bits per heavy atom. The number of likely N-dealkylation sites (N-methyl/N-ethyl adjacent to an activating group) is 1. The Morgan fingerprint density at radius 2 is 2.00 bits per heavy atom. The van der Waals surface area contributed by atoms with E-state index in [2.05, 4.69) is 19.2 Å². The maximum atomic E-state index is 11.7. The zero-order valence-electron chi connectivity index (χ0n) is 12.3. The van der Waals surface area contributed by atoms with E-state index in [1.165, 1.54) is 0 Å². The molecule has 1 aliphatic rings. The Kier molecular flexibility index (Phi) is 6.38. The predicted octanol–water partition coefficient (Wildman–Crippen LogP) is -0.218. The van der Waals surface area contributed by atoms with Crippen LogP contribution in [0, 0.1) is 5.41 Å². The minimum absolute atomic E-state index is 0.0197. The zero-order chi connectivity index (χ0) is 15.2. The maximum Gasteiger partial charge on any atom is 0.323 e. The highest BCUT2D eigenvalue weighted by molar-refractivity contribution is 5.84. The van der Waals surface area contributed by atoms with Crippen molar-refractivity contribution in [1.29, 1.82) is 0 Å². The van der Waals surface area contributed by atoms with Crippen molar-refractivity contribution in [3.63, 3.8) is 0 Å². The molecule has 0 spiro atoms. The average molecular weight is 288 g/mol. The number of carbonyl (C=O) groups excluding carboxylic acids is 2.